The van der Waals surface area contributed by atoms with E-state index in [0.717, 1.165) is 5.56 Å². The first kappa shape index (κ1) is 20.3. The normalized spacial score (nSPS) is 21.1. The predicted octanol–water partition coefficient (Wildman–Crippen LogP) is 2.26. The number of urea groups is 1. The summed E-state index contributed by atoms with van der Waals surface area (Å²) in [6, 6.07) is 6.50. The van der Waals surface area contributed by atoms with Crippen LogP contribution in [0.4, 0.5) is 16.3 Å². The van der Waals surface area contributed by atoms with Gasteiger partial charge >= 0.3 is 6.03 Å². The number of carbonyl (C=O) groups excluding carboxylic acids is 1. The second-order valence-electron chi connectivity index (χ2n) is 6.86. The number of morpholine rings is 1. The molecular formula is C20H25N5O5. The Bertz CT molecular complexity index is 895. The summed E-state index contributed by atoms with van der Waals surface area (Å²) in [5.41, 5.74) is 7.09. The molecule has 3 heterocycles. The van der Waals surface area contributed by atoms with Gasteiger partial charge in [0.15, 0.2) is 23.7 Å². The van der Waals surface area contributed by atoms with E-state index < -0.39 is 12.3 Å². The third-order valence-electron chi connectivity index (χ3n) is 4.74. The minimum atomic E-state index is -0.620. The summed E-state index contributed by atoms with van der Waals surface area (Å²) in [6.07, 6.45) is -0.909. The Balaban J connectivity index is 1.76. The van der Waals surface area contributed by atoms with Crippen LogP contribution in [0.2, 0.25) is 0 Å². The molecule has 2 fully saturated rings. The SMILES string of the molecule is CCOc1c(C2OC(C)O2)nc(-c2ccc(NC(N)=O)cc2)nc1N1CCOCC1. The molecule has 10 nitrogen and oxygen atoms in total. The van der Waals surface area contributed by atoms with Crippen LogP contribution in [-0.4, -0.2) is 55.2 Å². The first-order chi connectivity index (χ1) is 14.5. The fourth-order valence-electron chi connectivity index (χ4n) is 3.35. The van der Waals surface area contributed by atoms with Crippen LogP contribution in [0.1, 0.15) is 25.8 Å². The van der Waals surface area contributed by atoms with Crippen molar-refractivity contribution in [3.05, 3.63) is 30.0 Å². The van der Waals surface area contributed by atoms with Gasteiger partial charge in [0.25, 0.3) is 0 Å². The van der Waals surface area contributed by atoms with Crippen LogP contribution in [-0.2, 0) is 14.2 Å². The minimum Gasteiger partial charge on any atom is -0.488 e. The largest absolute Gasteiger partial charge is 0.488 e. The van der Waals surface area contributed by atoms with Gasteiger partial charge in [0.1, 0.15) is 5.69 Å². The topological polar surface area (TPSA) is 121 Å². The van der Waals surface area contributed by atoms with E-state index in [4.69, 9.17) is 34.6 Å². The maximum Gasteiger partial charge on any atom is 0.316 e. The molecular weight excluding hydrogens is 390 g/mol. The zero-order valence-electron chi connectivity index (χ0n) is 17.0. The van der Waals surface area contributed by atoms with Crippen LogP contribution in [0, 0.1) is 0 Å². The van der Waals surface area contributed by atoms with Crippen molar-refractivity contribution in [3.63, 3.8) is 0 Å². The van der Waals surface area contributed by atoms with Crippen molar-refractivity contribution in [3.8, 4) is 17.1 Å². The summed E-state index contributed by atoms with van der Waals surface area (Å²) in [5, 5.41) is 2.54. The molecule has 2 aliphatic rings. The molecule has 2 aromatic rings. The summed E-state index contributed by atoms with van der Waals surface area (Å²) in [5.74, 6) is 1.76. The molecule has 160 valence electrons. The molecule has 10 heteroatoms. The summed E-state index contributed by atoms with van der Waals surface area (Å²) >= 11 is 0. The summed E-state index contributed by atoms with van der Waals surface area (Å²) < 4.78 is 22.8. The van der Waals surface area contributed by atoms with Crippen molar-refractivity contribution in [1.29, 1.82) is 0 Å². The van der Waals surface area contributed by atoms with Crippen LogP contribution in [0.25, 0.3) is 11.4 Å². The lowest BCUT2D eigenvalue weighted by Crippen LogP contribution is -2.38. The maximum atomic E-state index is 11.1. The Labute approximate surface area is 174 Å². The van der Waals surface area contributed by atoms with Crippen molar-refractivity contribution in [2.45, 2.75) is 26.4 Å². The molecule has 1 aromatic heterocycles. The average Bonchev–Trinajstić information content (AvgIpc) is 2.73. The smallest absolute Gasteiger partial charge is 0.316 e. The lowest BCUT2D eigenvalue weighted by atomic mass is 10.1. The number of hydrogen-bond acceptors (Lipinski definition) is 8. The third kappa shape index (κ3) is 4.30. The van der Waals surface area contributed by atoms with E-state index in [9.17, 15) is 4.79 Å². The number of primary amides is 1. The van der Waals surface area contributed by atoms with Gasteiger partial charge in [-0.05, 0) is 38.1 Å². The number of hydrogen-bond donors (Lipinski definition) is 2. The maximum absolute atomic E-state index is 11.1. The number of amides is 2. The molecule has 4 rings (SSSR count). The Kier molecular flexibility index (Phi) is 5.98. The van der Waals surface area contributed by atoms with Gasteiger partial charge in [0.2, 0.25) is 6.29 Å². The molecule has 3 N–H and O–H groups in total. The molecule has 0 bridgehead atoms. The van der Waals surface area contributed by atoms with Gasteiger partial charge in [-0.3, -0.25) is 0 Å². The Hall–Kier alpha value is -2.95. The molecule has 0 saturated carbocycles. The van der Waals surface area contributed by atoms with Crippen LogP contribution >= 0.6 is 0 Å². The molecule has 2 aliphatic heterocycles. The van der Waals surface area contributed by atoms with Gasteiger partial charge < -0.3 is 34.9 Å². The number of nitrogens with two attached hydrogens (primary N) is 1. The first-order valence-corrected chi connectivity index (χ1v) is 9.90. The Morgan fingerprint density at radius 2 is 1.93 bits per heavy atom. The molecule has 0 radical (unpaired) electrons. The van der Waals surface area contributed by atoms with Crippen LogP contribution in [0.3, 0.4) is 0 Å². The number of nitrogens with zero attached hydrogens (tertiary/aromatic N) is 3. The monoisotopic (exact) mass is 415 g/mol. The minimum absolute atomic E-state index is 0.297. The molecule has 0 atom stereocenters. The molecule has 2 saturated heterocycles. The van der Waals surface area contributed by atoms with E-state index >= 15 is 0 Å². The number of aromatic nitrogens is 2. The first-order valence-electron chi connectivity index (χ1n) is 9.90. The third-order valence-corrected chi connectivity index (χ3v) is 4.74. The molecule has 0 unspecified atom stereocenters. The molecule has 2 amide bonds. The van der Waals surface area contributed by atoms with Crippen molar-refractivity contribution < 1.29 is 23.7 Å². The van der Waals surface area contributed by atoms with Crippen molar-refractivity contribution >= 4 is 17.5 Å². The van der Waals surface area contributed by atoms with Gasteiger partial charge in [-0.15, -0.1) is 0 Å². The highest BCUT2D eigenvalue weighted by atomic mass is 16.9. The number of benzene rings is 1. The second-order valence-corrected chi connectivity index (χ2v) is 6.86. The molecule has 0 aliphatic carbocycles. The summed E-state index contributed by atoms with van der Waals surface area (Å²) in [4.78, 5) is 22.7. The van der Waals surface area contributed by atoms with Gasteiger partial charge in [-0.1, -0.05) is 0 Å². The summed E-state index contributed by atoms with van der Waals surface area (Å²) in [7, 11) is 0. The number of ether oxygens (including phenoxy) is 4. The zero-order valence-corrected chi connectivity index (χ0v) is 17.0. The number of rotatable bonds is 6. The highest BCUT2D eigenvalue weighted by molar-refractivity contribution is 5.88. The van der Waals surface area contributed by atoms with Crippen molar-refractivity contribution in [2.75, 3.05) is 43.1 Å². The highest BCUT2D eigenvalue weighted by Crippen LogP contribution is 2.41. The van der Waals surface area contributed by atoms with E-state index in [1.807, 2.05) is 26.0 Å². The number of carbonyl (C=O) groups is 1. The molecule has 30 heavy (non-hydrogen) atoms. The van der Waals surface area contributed by atoms with Crippen LogP contribution in [0.15, 0.2) is 24.3 Å². The summed E-state index contributed by atoms with van der Waals surface area (Å²) in [6.45, 7) is 6.81. The van der Waals surface area contributed by atoms with Crippen molar-refractivity contribution in [2.24, 2.45) is 5.73 Å². The number of nitrogens with one attached hydrogen (secondary N) is 1. The van der Waals surface area contributed by atoms with Gasteiger partial charge in [-0.25, -0.2) is 14.8 Å². The standard InChI is InChI=1S/C20H25N5O5/c1-3-28-16-15(19-29-12(2)30-19)23-17(24-18(16)25-8-10-27-11-9-25)13-4-6-14(7-5-13)22-20(21)26/h4-7,12,19H,3,8-11H2,1-2H3,(H3,21,22,26). The van der Waals surface area contributed by atoms with E-state index in [0.29, 0.717) is 61.7 Å². The average molecular weight is 415 g/mol. The van der Waals surface area contributed by atoms with E-state index in [2.05, 4.69) is 10.2 Å². The lowest BCUT2D eigenvalue weighted by molar-refractivity contribution is -0.384. The zero-order chi connectivity index (χ0) is 21.1. The van der Waals surface area contributed by atoms with Crippen LogP contribution < -0.4 is 20.7 Å². The molecule has 0 spiro atoms. The Morgan fingerprint density at radius 1 is 1.23 bits per heavy atom. The van der Waals surface area contributed by atoms with E-state index in [-0.39, 0.29) is 6.29 Å². The predicted molar refractivity (Wildman–Crippen MR) is 109 cm³/mol. The van der Waals surface area contributed by atoms with Gasteiger partial charge in [-0.2, -0.15) is 0 Å². The van der Waals surface area contributed by atoms with Gasteiger partial charge in [0, 0.05) is 24.3 Å². The second kappa shape index (κ2) is 8.82. The van der Waals surface area contributed by atoms with Gasteiger partial charge in [0.05, 0.1) is 19.8 Å². The fraction of sp³-hybridized carbons (Fsp3) is 0.450. The lowest BCUT2D eigenvalue weighted by Gasteiger charge is -2.35. The fourth-order valence-corrected chi connectivity index (χ4v) is 3.35. The molecule has 1 aromatic carbocycles. The van der Waals surface area contributed by atoms with E-state index in [1.54, 1.807) is 12.1 Å². The Morgan fingerprint density at radius 3 is 2.53 bits per heavy atom. The highest BCUT2D eigenvalue weighted by Gasteiger charge is 2.36. The number of anilines is 2. The van der Waals surface area contributed by atoms with Crippen molar-refractivity contribution in [1.82, 2.24) is 9.97 Å². The quantitative estimate of drug-likeness (QED) is 0.737. The van der Waals surface area contributed by atoms with E-state index in [1.165, 1.54) is 0 Å². The van der Waals surface area contributed by atoms with Crippen LogP contribution in [0.5, 0.6) is 5.75 Å².